The number of hydrogen-bond acceptors (Lipinski definition) is 5. The van der Waals surface area contributed by atoms with Crippen molar-refractivity contribution in [1.29, 1.82) is 0 Å². The minimum atomic E-state index is -0.235. The number of aromatic nitrogens is 1. The summed E-state index contributed by atoms with van der Waals surface area (Å²) >= 11 is 0. The number of rotatable bonds is 4. The van der Waals surface area contributed by atoms with Crippen LogP contribution in [0, 0.1) is 0 Å². The summed E-state index contributed by atoms with van der Waals surface area (Å²) in [5.41, 5.74) is 13.6. The first-order valence-corrected chi connectivity index (χ1v) is 8.27. The van der Waals surface area contributed by atoms with Crippen molar-refractivity contribution >= 4 is 23.1 Å². The number of hydrogen-bond donors (Lipinski definition) is 4. The molecule has 1 saturated carbocycles. The molecule has 1 aliphatic carbocycles. The number of nitrogens with one attached hydrogen (secondary N) is 2. The number of para-hydroxylation sites is 2. The maximum atomic E-state index is 12.3. The molecule has 24 heavy (non-hydrogen) atoms. The summed E-state index contributed by atoms with van der Waals surface area (Å²) in [4.78, 5) is 16.6. The number of nitrogen functional groups attached to an aromatic ring is 1. The maximum absolute atomic E-state index is 12.3. The first kappa shape index (κ1) is 16.3. The Bertz CT molecular complexity index is 701. The van der Waals surface area contributed by atoms with E-state index in [0.717, 1.165) is 18.7 Å². The smallest absolute Gasteiger partial charge is 0.257 e. The van der Waals surface area contributed by atoms with Gasteiger partial charge in [0.05, 0.1) is 16.9 Å². The highest BCUT2D eigenvalue weighted by Crippen LogP contribution is 2.21. The van der Waals surface area contributed by atoms with Crippen molar-refractivity contribution in [3.63, 3.8) is 0 Å². The van der Waals surface area contributed by atoms with Crippen LogP contribution in [0.5, 0.6) is 0 Å². The molecule has 2 unspecified atom stereocenters. The van der Waals surface area contributed by atoms with E-state index in [4.69, 9.17) is 11.5 Å². The quantitative estimate of drug-likeness (QED) is 0.647. The van der Waals surface area contributed by atoms with Gasteiger partial charge in [0, 0.05) is 18.3 Å². The summed E-state index contributed by atoms with van der Waals surface area (Å²) in [5, 5.41) is 6.16. The Kier molecular flexibility index (Phi) is 4.96. The molecule has 1 fully saturated rings. The second kappa shape index (κ2) is 7.31. The molecule has 6 N–H and O–H groups in total. The lowest BCUT2D eigenvalue weighted by molar-refractivity contribution is 0.102. The van der Waals surface area contributed by atoms with Crippen LogP contribution in [-0.4, -0.2) is 23.0 Å². The SMILES string of the molecule is Nc1ccccc1NC(=O)c1ccc(NC2CCCCC2N)nc1. The molecule has 3 rings (SSSR count). The van der Waals surface area contributed by atoms with E-state index in [-0.39, 0.29) is 18.0 Å². The summed E-state index contributed by atoms with van der Waals surface area (Å²) in [6, 6.07) is 11.1. The van der Waals surface area contributed by atoms with Crippen LogP contribution < -0.4 is 22.1 Å². The van der Waals surface area contributed by atoms with Crippen LogP contribution in [0.3, 0.4) is 0 Å². The largest absolute Gasteiger partial charge is 0.397 e. The Morgan fingerprint density at radius 2 is 1.92 bits per heavy atom. The predicted octanol–water partition coefficient (Wildman–Crippen LogP) is 2.60. The van der Waals surface area contributed by atoms with Gasteiger partial charge in [-0.25, -0.2) is 4.98 Å². The lowest BCUT2D eigenvalue weighted by Crippen LogP contribution is -2.42. The fourth-order valence-electron chi connectivity index (χ4n) is 2.95. The minimum Gasteiger partial charge on any atom is -0.397 e. The monoisotopic (exact) mass is 325 g/mol. The molecule has 1 aliphatic rings. The summed E-state index contributed by atoms with van der Waals surface area (Å²) in [6.45, 7) is 0. The second-order valence-corrected chi connectivity index (χ2v) is 6.17. The molecule has 1 heterocycles. The first-order chi connectivity index (χ1) is 11.6. The van der Waals surface area contributed by atoms with Gasteiger partial charge in [-0.05, 0) is 37.1 Å². The van der Waals surface area contributed by atoms with E-state index >= 15 is 0 Å². The third-order valence-corrected chi connectivity index (χ3v) is 4.39. The molecule has 1 aromatic heterocycles. The molecule has 1 aromatic carbocycles. The Labute approximate surface area is 141 Å². The number of carbonyl (C=O) groups excluding carboxylic acids is 1. The minimum absolute atomic E-state index is 0.157. The first-order valence-electron chi connectivity index (χ1n) is 8.27. The number of carbonyl (C=O) groups is 1. The number of benzene rings is 1. The van der Waals surface area contributed by atoms with E-state index in [1.807, 2.05) is 18.2 Å². The van der Waals surface area contributed by atoms with Gasteiger partial charge in [0.2, 0.25) is 0 Å². The number of nitrogens with zero attached hydrogens (tertiary/aromatic N) is 1. The van der Waals surface area contributed by atoms with Crippen molar-refractivity contribution in [1.82, 2.24) is 4.98 Å². The van der Waals surface area contributed by atoms with Crippen LogP contribution in [0.2, 0.25) is 0 Å². The van der Waals surface area contributed by atoms with E-state index in [1.54, 1.807) is 24.4 Å². The van der Waals surface area contributed by atoms with Crippen molar-refractivity contribution in [3.8, 4) is 0 Å². The van der Waals surface area contributed by atoms with E-state index < -0.39 is 0 Å². The van der Waals surface area contributed by atoms with Crippen LogP contribution in [-0.2, 0) is 0 Å². The summed E-state index contributed by atoms with van der Waals surface area (Å²) in [6.07, 6.45) is 6.03. The van der Waals surface area contributed by atoms with Gasteiger partial charge in [-0.15, -0.1) is 0 Å². The van der Waals surface area contributed by atoms with E-state index in [0.29, 0.717) is 16.9 Å². The topological polar surface area (TPSA) is 106 Å². The van der Waals surface area contributed by atoms with Crippen molar-refractivity contribution in [3.05, 3.63) is 48.2 Å². The fraction of sp³-hybridized carbons (Fsp3) is 0.333. The van der Waals surface area contributed by atoms with E-state index in [9.17, 15) is 4.79 Å². The Balaban J connectivity index is 1.63. The van der Waals surface area contributed by atoms with Crippen LogP contribution in [0.1, 0.15) is 36.0 Å². The molecule has 0 radical (unpaired) electrons. The van der Waals surface area contributed by atoms with Gasteiger partial charge in [-0.3, -0.25) is 4.79 Å². The lowest BCUT2D eigenvalue weighted by atomic mass is 9.91. The van der Waals surface area contributed by atoms with Gasteiger partial charge in [-0.1, -0.05) is 25.0 Å². The zero-order valence-electron chi connectivity index (χ0n) is 13.5. The zero-order chi connectivity index (χ0) is 16.9. The highest BCUT2D eigenvalue weighted by Gasteiger charge is 2.21. The zero-order valence-corrected chi connectivity index (χ0v) is 13.5. The van der Waals surface area contributed by atoms with Gasteiger partial charge >= 0.3 is 0 Å². The van der Waals surface area contributed by atoms with Gasteiger partial charge < -0.3 is 22.1 Å². The number of pyridine rings is 1. The molecule has 0 spiro atoms. The van der Waals surface area contributed by atoms with Crippen molar-refractivity contribution in [2.75, 3.05) is 16.4 Å². The molecule has 0 aliphatic heterocycles. The molecule has 2 aromatic rings. The summed E-state index contributed by atoms with van der Waals surface area (Å²) < 4.78 is 0. The third kappa shape index (κ3) is 3.83. The fourth-order valence-corrected chi connectivity index (χ4v) is 2.95. The molecule has 0 bridgehead atoms. The summed E-state index contributed by atoms with van der Waals surface area (Å²) in [5.74, 6) is 0.509. The van der Waals surface area contributed by atoms with E-state index in [2.05, 4.69) is 15.6 Å². The molecular weight excluding hydrogens is 302 g/mol. The molecule has 0 saturated heterocycles. The van der Waals surface area contributed by atoms with Gasteiger partial charge in [0.25, 0.3) is 5.91 Å². The van der Waals surface area contributed by atoms with Crippen molar-refractivity contribution < 1.29 is 4.79 Å². The molecule has 6 heteroatoms. The van der Waals surface area contributed by atoms with Crippen LogP contribution in [0.15, 0.2) is 42.6 Å². The Morgan fingerprint density at radius 1 is 1.12 bits per heavy atom. The molecule has 2 atom stereocenters. The molecule has 1 amide bonds. The normalized spacial score (nSPS) is 20.4. The van der Waals surface area contributed by atoms with Gasteiger partial charge in [0.1, 0.15) is 5.82 Å². The van der Waals surface area contributed by atoms with Crippen LogP contribution in [0.4, 0.5) is 17.2 Å². The van der Waals surface area contributed by atoms with Crippen LogP contribution >= 0.6 is 0 Å². The average molecular weight is 325 g/mol. The Morgan fingerprint density at radius 3 is 2.62 bits per heavy atom. The second-order valence-electron chi connectivity index (χ2n) is 6.17. The standard InChI is InChI=1S/C18H23N5O/c19-13-5-1-3-7-15(13)22-17-10-9-12(11-21-17)18(24)23-16-8-4-2-6-14(16)20/h2,4,6,8-11,13,15H,1,3,5,7,19-20H2,(H,21,22)(H,23,24). The van der Waals surface area contributed by atoms with Crippen molar-refractivity contribution in [2.24, 2.45) is 5.73 Å². The highest BCUT2D eigenvalue weighted by atomic mass is 16.1. The lowest BCUT2D eigenvalue weighted by Gasteiger charge is -2.29. The maximum Gasteiger partial charge on any atom is 0.257 e. The number of nitrogens with two attached hydrogens (primary N) is 2. The van der Waals surface area contributed by atoms with Gasteiger partial charge in [0.15, 0.2) is 0 Å². The highest BCUT2D eigenvalue weighted by molar-refractivity contribution is 6.05. The Hall–Kier alpha value is -2.60. The molecule has 6 nitrogen and oxygen atoms in total. The van der Waals surface area contributed by atoms with Gasteiger partial charge in [-0.2, -0.15) is 0 Å². The van der Waals surface area contributed by atoms with Crippen molar-refractivity contribution in [2.45, 2.75) is 37.8 Å². The molecular formula is C18H23N5O. The predicted molar refractivity (Wildman–Crippen MR) is 96.9 cm³/mol. The number of amides is 1. The van der Waals surface area contributed by atoms with Crippen LogP contribution in [0.25, 0.3) is 0 Å². The average Bonchev–Trinajstić information content (AvgIpc) is 2.59. The summed E-state index contributed by atoms with van der Waals surface area (Å²) in [7, 11) is 0. The number of anilines is 3. The van der Waals surface area contributed by atoms with E-state index in [1.165, 1.54) is 12.8 Å². The third-order valence-electron chi connectivity index (χ3n) is 4.39. The molecule has 126 valence electrons.